The minimum absolute atomic E-state index is 0.0917. The SMILES string of the molecule is Nc1cc(C(=O)NS(=O)(=O)CC2CCCCC2(F)F)nc(Cl)n1. The van der Waals surface area contributed by atoms with Crippen molar-refractivity contribution in [3.8, 4) is 0 Å². The summed E-state index contributed by atoms with van der Waals surface area (Å²) in [5.41, 5.74) is 5.02. The number of nitrogen functional groups attached to an aromatic ring is 1. The number of halogens is 3. The molecule has 1 aromatic rings. The number of hydrogen-bond donors (Lipinski definition) is 2. The summed E-state index contributed by atoms with van der Waals surface area (Å²) >= 11 is 5.53. The van der Waals surface area contributed by atoms with Gasteiger partial charge in [0.2, 0.25) is 15.3 Å². The average Bonchev–Trinajstić information content (AvgIpc) is 2.39. The molecule has 1 aliphatic carbocycles. The molecular formula is C12H15ClF2N4O3S. The van der Waals surface area contributed by atoms with E-state index in [2.05, 4.69) is 9.97 Å². The Morgan fingerprint density at radius 3 is 2.74 bits per heavy atom. The third kappa shape index (κ3) is 4.71. The lowest BCUT2D eigenvalue weighted by Gasteiger charge is -2.30. The first-order chi connectivity index (χ1) is 10.6. The van der Waals surface area contributed by atoms with Crippen LogP contribution in [0.5, 0.6) is 0 Å². The van der Waals surface area contributed by atoms with Gasteiger partial charge in [-0.15, -0.1) is 0 Å². The molecule has 23 heavy (non-hydrogen) atoms. The molecule has 3 N–H and O–H groups in total. The molecule has 7 nitrogen and oxygen atoms in total. The summed E-state index contributed by atoms with van der Waals surface area (Å²) in [4.78, 5) is 19.0. The van der Waals surface area contributed by atoms with E-state index in [4.69, 9.17) is 17.3 Å². The molecule has 1 fully saturated rings. The van der Waals surface area contributed by atoms with Gasteiger partial charge in [0, 0.05) is 18.4 Å². The van der Waals surface area contributed by atoms with Crippen molar-refractivity contribution in [2.24, 2.45) is 5.92 Å². The Balaban J connectivity index is 2.10. The van der Waals surface area contributed by atoms with Crippen molar-refractivity contribution in [3.05, 3.63) is 17.0 Å². The van der Waals surface area contributed by atoms with Crippen molar-refractivity contribution >= 4 is 33.3 Å². The second-order valence-corrected chi connectivity index (χ2v) is 7.47. The summed E-state index contributed by atoms with van der Waals surface area (Å²) in [7, 11) is -4.25. The Morgan fingerprint density at radius 2 is 2.13 bits per heavy atom. The highest BCUT2D eigenvalue weighted by Gasteiger charge is 2.43. The average molecular weight is 369 g/mol. The Kier molecular flexibility index (Phi) is 5.04. The highest BCUT2D eigenvalue weighted by Crippen LogP contribution is 2.38. The number of anilines is 1. The molecule has 1 aromatic heterocycles. The van der Waals surface area contributed by atoms with Crippen LogP contribution in [0.25, 0.3) is 0 Å². The number of alkyl halides is 2. The molecule has 0 bridgehead atoms. The standard InChI is InChI=1S/C12H15ClF2N4O3S/c13-11-17-8(5-9(16)18-11)10(20)19-23(21,22)6-7-3-1-2-4-12(7,14)15/h5,7H,1-4,6H2,(H,19,20)(H2,16,17,18). The third-order valence-corrected chi connectivity index (χ3v) is 5.04. The number of carbonyl (C=O) groups excluding carboxylic acids is 1. The van der Waals surface area contributed by atoms with Crippen molar-refractivity contribution in [3.63, 3.8) is 0 Å². The molecule has 11 heteroatoms. The van der Waals surface area contributed by atoms with Crippen molar-refractivity contribution in [2.75, 3.05) is 11.5 Å². The summed E-state index contributed by atoms with van der Waals surface area (Å²) < 4.78 is 53.1. The zero-order valence-electron chi connectivity index (χ0n) is 11.9. The van der Waals surface area contributed by atoms with Gasteiger partial charge in [0.15, 0.2) is 0 Å². The summed E-state index contributed by atoms with van der Waals surface area (Å²) in [6.45, 7) is 0. The molecule has 0 saturated heterocycles. The maximum Gasteiger partial charge on any atom is 0.283 e. The molecule has 0 radical (unpaired) electrons. The van der Waals surface area contributed by atoms with Crippen LogP contribution >= 0.6 is 11.6 Å². The van der Waals surface area contributed by atoms with Gasteiger partial charge < -0.3 is 5.73 Å². The van der Waals surface area contributed by atoms with Crippen LogP contribution in [-0.2, 0) is 10.0 Å². The fourth-order valence-corrected chi connectivity index (χ4v) is 4.02. The predicted octanol–water partition coefficient (Wildman–Crippen LogP) is 1.60. The number of carbonyl (C=O) groups is 1. The van der Waals surface area contributed by atoms with Crippen LogP contribution in [0.4, 0.5) is 14.6 Å². The van der Waals surface area contributed by atoms with Crippen molar-refractivity contribution in [1.82, 2.24) is 14.7 Å². The number of nitrogens with one attached hydrogen (secondary N) is 1. The molecule has 1 heterocycles. The van der Waals surface area contributed by atoms with Crippen molar-refractivity contribution in [2.45, 2.75) is 31.6 Å². The van der Waals surface area contributed by atoms with Crippen LogP contribution < -0.4 is 10.5 Å². The van der Waals surface area contributed by atoms with E-state index >= 15 is 0 Å². The maximum absolute atomic E-state index is 13.7. The minimum Gasteiger partial charge on any atom is -0.384 e. The number of aromatic nitrogens is 2. The Morgan fingerprint density at radius 1 is 1.43 bits per heavy atom. The van der Waals surface area contributed by atoms with Gasteiger partial charge >= 0.3 is 0 Å². The second kappa shape index (κ2) is 6.52. The molecule has 1 saturated carbocycles. The summed E-state index contributed by atoms with van der Waals surface area (Å²) in [5.74, 6) is -6.43. The molecule has 0 aromatic carbocycles. The Hall–Kier alpha value is -1.55. The number of rotatable bonds is 4. The van der Waals surface area contributed by atoms with Gasteiger partial charge in [-0.25, -0.2) is 31.9 Å². The number of nitrogens with zero attached hydrogens (tertiary/aromatic N) is 2. The van der Waals surface area contributed by atoms with E-state index in [0.29, 0.717) is 12.8 Å². The van der Waals surface area contributed by atoms with E-state index in [1.165, 1.54) is 0 Å². The number of nitrogens with two attached hydrogens (primary N) is 1. The molecule has 1 amide bonds. The van der Waals surface area contributed by atoms with Gasteiger partial charge in [0.05, 0.1) is 5.75 Å². The summed E-state index contributed by atoms with van der Waals surface area (Å²) in [6, 6.07) is 1.03. The van der Waals surface area contributed by atoms with E-state index in [9.17, 15) is 22.0 Å². The Bertz CT molecular complexity index is 694. The first-order valence-electron chi connectivity index (χ1n) is 6.82. The smallest absolute Gasteiger partial charge is 0.283 e. The monoisotopic (exact) mass is 368 g/mol. The van der Waals surface area contributed by atoms with E-state index in [1.807, 2.05) is 0 Å². The minimum atomic E-state index is -4.25. The first kappa shape index (κ1) is 17.8. The summed E-state index contributed by atoms with van der Waals surface area (Å²) in [5, 5.41) is -0.327. The third-order valence-electron chi connectivity index (χ3n) is 3.53. The zero-order valence-corrected chi connectivity index (χ0v) is 13.5. The van der Waals surface area contributed by atoms with Crippen LogP contribution in [0.2, 0.25) is 5.28 Å². The normalized spacial score (nSPS) is 20.9. The molecule has 128 valence electrons. The molecule has 0 spiro atoms. The van der Waals surface area contributed by atoms with Crippen LogP contribution in [0.3, 0.4) is 0 Å². The molecule has 1 unspecified atom stereocenters. The van der Waals surface area contributed by atoms with Crippen LogP contribution in [0.15, 0.2) is 6.07 Å². The second-order valence-electron chi connectivity index (χ2n) is 5.36. The molecule has 1 aliphatic rings. The van der Waals surface area contributed by atoms with Crippen molar-refractivity contribution in [1.29, 1.82) is 0 Å². The highest BCUT2D eigenvalue weighted by molar-refractivity contribution is 7.90. The van der Waals surface area contributed by atoms with Crippen LogP contribution in [0, 0.1) is 5.92 Å². The van der Waals surface area contributed by atoms with Gasteiger partial charge in [0.25, 0.3) is 11.8 Å². The van der Waals surface area contributed by atoms with E-state index in [1.54, 1.807) is 4.72 Å². The topological polar surface area (TPSA) is 115 Å². The maximum atomic E-state index is 13.7. The van der Waals surface area contributed by atoms with Gasteiger partial charge in [-0.1, -0.05) is 6.42 Å². The summed E-state index contributed by atoms with van der Waals surface area (Å²) in [6.07, 6.45) is 0.629. The van der Waals surface area contributed by atoms with Gasteiger partial charge in [-0.3, -0.25) is 4.79 Å². The molecular weight excluding hydrogens is 354 g/mol. The Labute approximate surface area is 136 Å². The molecule has 0 aliphatic heterocycles. The van der Waals surface area contributed by atoms with Crippen LogP contribution in [0.1, 0.15) is 36.2 Å². The number of hydrogen-bond acceptors (Lipinski definition) is 6. The number of sulfonamides is 1. The van der Waals surface area contributed by atoms with Gasteiger partial charge in [0.1, 0.15) is 11.5 Å². The number of amides is 1. The van der Waals surface area contributed by atoms with E-state index < -0.39 is 33.5 Å². The van der Waals surface area contributed by atoms with Crippen molar-refractivity contribution < 1.29 is 22.0 Å². The van der Waals surface area contributed by atoms with Crippen LogP contribution in [-0.4, -0.2) is 36.0 Å². The first-order valence-corrected chi connectivity index (χ1v) is 8.85. The lowest BCUT2D eigenvalue weighted by molar-refractivity contribution is -0.0771. The largest absolute Gasteiger partial charge is 0.384 e. The van der Waals surface area contributed by atoms with Gasteiger partial charge in [-0.05, 0) is 24.4 Å². The fraction of sp³-hybridized carbons (Fsp3) is 0.583. The fourth-order valence-electron chi connectivity index (χ4n) is 2.42. The predicted molar refractivity (Wildman–Crippen MR) is 79.6 cm³/mol. The van der Waals surface area contributed by atoms with Gasteiger partial charge in [-0.2, -0.15) is 0 Å². The van der Waals surface area contributed by atoms with E-state index in [0.717, 1.165) is 6.07 Å². The molecule has 1 atom stereocenters. The lowest BCUT2D eigenvalue weighted by Crippen LogP contribution is -2.42. The molecule has 2 rings (SSSR count). The lowest BCUT2D eigenvalue weighted by atomic mass is 9.87. The quantitative estimate of drug-likeness (QED) is 0.780. The highest BCUT2D eigenvalue weighted by atomic mass is 35.5. The van der Waals surface area contributed by atoms with E-state index in [-0.39, 0.29) is 29.6 Å². The zero-order chi connectivity index (χ0) is 17.3.